The van der Waals surface area contributed by atoms with Crippen molar-refractivity contribution in [2.45, 2.75) is 18.6 Å². The lowest BCUT2D eigenvalue weighted by Crippen LogP contribution is -2.38. The molecule has 0 aliphatic carbocycles. The first-order valence-corrected chi connectivity index (χ1v) is 7.95. The van der Waals surface area contributed by atoms with Gasteiger partial charge in [-0.15, -0.1) is 11.8 Å². The standard InChI is InChI=1S/C14H21N3OS/c18-14(17-9-12-4-3-6-15-8-12)11-19-10-13-5-1-2-7-16-13/h1-2,5,7,12,15H,3-4,6,8-11H2,(H,17,18). The second-order valence-corrected chi connectivity index (χ2v) is 5.82. The van der Waals surface area contributed by atoms with Crippen molar-refractivity contribution in [3.05, 3.63) is 30.1 Å². The summed E-state index contributed by atoms with van der Waals surface area (Å²) in [4.78, 5) is 15.9. The number of amides is 1. The van der Waals surface area contributed by atoms with Crippen LogP contribution in [0.2, 0.25) is 0 Å². The average molecular weight is 279 g/mol. The maximum absolute atomic E-state index is 11.7. The third-order valence-corrected chi connectivity index (χ3v) is 4.16. The molecule has 19 heavy (non-hydrogen) atoms. The summed E-state index contributed by atoms with van der Waals surface area (Å²) in [6.45, 7) is 2.95. The number of piperidine rings is 1. The molecule has 1 aliphatic heterocycles. The Bertz CT molecular complexity index is 380. The molecule has 1 amide bonds. The summed E-state index contributed by atoms with van der Waals surface area (Å²) in [5.74, 6) is 2.03. The SMILES string of the molecule is O=C(CSCc1ccccn1)NCC1CCCNC1. The van der Waals surface area contributed by atoms with E-state index in [1.165, 1.54) is 12.8 Å². The summed E-state index contributed by atoms with van der Waals surface area (Å²) in [6, 6.07) is 5.86. The summed E-state index contributed by atoms with van der Waals surface area (Å²) in [5, 5.41) is 6.38. The first kappa shape index (κ1) is 14.3. The van der Waals surface area contributed by atoms with Gasteiger partial charge in [0.05, 0.1) is 11.4 Å². The van der Waals surface area contributed by atoms with E-state index in [0.717, 1.165) is 31.1 Å². The lowest BCUT2D eigenvalue weighted by molar-refractivity contribution is -0.118. The third kappa shape index (κ3) is 5.61. The van der Waals surface area contributed by atoms with Crippen molar-refractivity contribution >= 4 is 17.7 Å². The summed E-state index contributed by atoms with van der Waals surface area (Å²) in [6.07, 6.45) is 4.22. The van der Waals surface area contributed by atoms with Crippen LogP contribution >= 0.6 is 11.8 Å². The molecule has 0 radical (unpaired) electrons. The van der Waals surface area contributed by atoms with Crippen molar-refractivity contribution in [3.8, 4) is 0 Å². The molecule has 0 aromatic carbocycles. The van der Waals surface area contributed by atoms with E-state index in [1.54, 1.807) is 18.0 Å². The topological polar surface area (TPSA) is 54.0 Å². The minimum atomic E-state index is 0.131. The van der Waals surface area contributed by atoms with Gasteiger partial charge in [0.25, 0.3) is 0 Å². The molecule has 1 aromatic heterocycles. The summed E-state index contributed by atoms with van der Waals surface area (Å²) in [5.41, 5.74) is 1.02. The molecular formula is C14H21N3OS. The molecule has 1 fully saturated rings. The molecule has 0 saturated carbocycles. The highest BCUT2D eigenvalue weighted by molar-refractivity contribution is 7.99. The summed E-state index contributed by atoms with van der Waals surface area (Å²) in [7, 11) is 0. The van der Waals surface area contributed by atoms with Gasteiger partial charge in [0, 0.05) is 18.5 Å². The Morgan fingerprint density at radius 3 is 3.21 bits per heavy atom. The molecule has 1 aliphatic rings. The van der Waals surface area contributed by atoms with Gasteiger partial charge in [0.15, 0.2) is 0 Å². The van der Waals surface area contributed by atoms with Gasteiger partial charge in [-0.2, -0.15) is 0 Å². The normalized spacial score (nSPS) is 19.1. The maximum atomic E-state index is 11.7. The minimum absolute atomic E-state index is 0.131. The van der Waals surface area contributed by atoms with E-state index in [1.807, 2.05) is 18.2 Å². The van der Waals surface area contributed by atoms with Crippen LogP contribution in [0.25, 0.3) is 0 Å². The van der Waals surface area contributed by atoms with Crippen LogP contribution < -0.4 is 10.6 Å². The van der Waals surface area contributed by atoms with Gasteiger partial charge in [-0.25, -0.2) is 0 Å². The Morgan fingerprint density at radius 2 is 2.47 bits per heavy atom. The fourth-order valence-corrected chi connectivity index (χ4v) is 2.91. The summed E-state index contributed by atoms with van der Waals surface area (Å²) >= 11 is 1.61. The smallest absolute Gasteiger partial charge is 0.230 e. The fourth-order valence-electron chi connectivity index (χ4n) is 2.14. The number of thioether (sulfide) groups is 1. The number of carbonyl (C=O) groups excluding carboxylic acids is 1. The highest BCUT2D eigenvalue weighted by Gasteiger charge is 2.13. The quantitative estimate of drug-likeness (QED) is 0.827. The number of rotatable bonds is 6. The van der Waals surface area contributed by atoms with E-state index in [-0.39, 0.29) is 5.91 Å². The maximum Gasteiger partial charge on any atom is 0.230 e. The zero-order valence-corrected chi connectivity index (χ0v) is 11.9. The lowest BCUT2D eigenvalue weighted by Gasteiger charge is -2.22. The number of hydrogen-bond acceptors (Lipinski definition) is 4. The van der Waals surface area contributed by atoms with Gasteiger partial charge in [-0.3, -0.25) is 9.78 Å². The van der Waals surface area contributed by atoms with Crippen LogP contribution in [0.3, 0.4) is 0 Å². The Labute approximate surface area is 118 Å². The molecule has 1 aromatic rings. The first-order valence-electron chi connectivity index (χ1n) is 6.79. The highest BCUT2D eigenvalue weighted by atomic mass is 32.2. The van der Waals surface area contributed by atoms with Gasteiger partial charge in [-0.05, 0) is 44.0 Å². The number of aromatic nitrogens is 1. The number of nitrogens with one attached hydrogen (secondary N) is 2. The van der Waals surface area contributed by atoms with Crippen LogP contribution in [0, 0.1) is 5.92 Å². The van der Waals surface area contributed by atoms with Crippen LogP contribution in [-0.4, -0.2) is 36.3 Å². The summed E-state index contributed by atoms with van der Waals surface area (Å²) < 4.78 is 0. The molecule has 2 N–H and O–H groups in total. The Balaban J connectivity index is 1.57. The molecular weight excluding hydrogens is 258 g/mol. The molecule has 0 bridgehead atoms. The van der Waals surface area contributed by atoms with Crippen LogP contribution in [0.1, 0.15) is 18.5 Å². The first-order chi connectivity index (χ1) is 9.34. The molecule has 104 valence electrons. The zero-order chi connectivity index (χ0) is 13.3. The van der Waals surface area contributed by atoms with Crippen molar-refractivity contribution in [2.75, 3.05) is 25.4 Å². The molecule has 2 heterocycles. The van der Waals surface area contributed by atoms with E-state index < -0.39 is 0 Å². The van der Waals surface area contributed by atoms with Crippen LogP contribution in [0.5, 0.6) is 0 Å². The second-order valence-electron chi connectivity index (χ2n) is 4.83. The molecule has 1 saturated heterocycles. The largest absolute Gasteiger partial charge is 0.355 e. The van der Waals surface area contributed by atoms with Gasteiger partial charge in [0.1, 0.15) is 0 Å². The fraction of sp³-hybridized carbons (Fsp3) is 0.571. The predicted octanol–water partition coefficient (Wildman–Crippen LogP) is 1.43. The number of carbonyl (C=O) groups is 1. The van der Waals surface area contributed by atoms with Gasteiger partial charge >= 0.3 is 0 Å². The zero-order valence-electron chi connectivity index (χ0n) is 11.1. The second kappa shape index (κ2) is 8.17. The molecule has 1 unspecified atom stereocenters. The third-order valence-electron chi connectivity index (χ3n) is 3.20. The Hall–Kier alpha value is -1.07. The molecule has 2 rings (SSSR count). The van der Waals surface area contributed by atoms with Crippen LogP contribution in [0.4, 0.5) is 0 Å². The number of nitrogens with zero attached hydrogens (tertiary/aromatic N) is 1. The van der Waals surface area contributed by atoms with Crippen LogP contribution in [0.15, 0.2) is 24.4 Å². The van der Waals surface area contributed by atoms with Gasteiger partial charge in [-0.1, -0.05) is 6.07 Å². The molecule has 5 heteroatoms. The van der Waals surface area contributed by atoms with E-state index in [2.05, 4.69) is 15.6 Å². The average Bonchev–Trinajstić information content (AvgIpc) is 2.47. The molecule has 0 spiro atoms. The van der Waals surface area contributed by atoms with Crippen LogP contribution in [-0.2, 0) is 10.5 Å². The van der Waals surface area contributed by atoms with E-state index in [4.69, 9.17) is 0 Å². The number of pyridine rings is 1. The monoisotopic (exact) mass is 279 g/mol. The molecule has 4 nitrogen and oxygen atoms in total. The van der Waals surface area contributed by atoms with Crippen molar-refractivity contribution in [3.63, 3.8) is 0 Å². The number of hydrogen-bond donors (Lipinski definition) is 2. The Kier molecular flexibility index (Phi) is 6.17. The molecule has 1 atom stereocenters. The predicted molar refractivity (Wildman–Crippen MR) is 79.0 cm³/mol. The van der Waals surface area contributed by atoms with E-state index >= 15 is 0 Å². The van der Waals surface area contributed by atoms with Crippen molar-refractivity contribution in [1.82, 2.24) is 15.6 Å². The van der Waals surface area contributed by atoms with E-state index in [9.17, 15) is 4.79 Å². The minimum Gasteiger partial charge on any atom is -0.355 e. The lowest BCUT2D eigenvalue weighted by atomic mass is 10.00. The van der Waals surface area contributed by atoms with Crippen molar-refractivity contribution < 1.29 is 4.79 Å². The Morgan fingerprint density at radius 1 is 1.53 bits per heavy atom. The van der Waals surface area contributed by atoms with Crippen molar-refractivity contribution in [2.24, 2.45) is 5.92 Å². The van der Waals surface area contributed by atoms with Gasteiger partial charge < -0.3 is 10.6 Å². The highest BCUT2D eigenvalue weighted by Crippen LogP contribution is 2.10. The van der Waals surface area contributed by atoms with Gasteiger partial charge in [0.2, 0.25) is 5.91 Å². The van der Waals surface area contributed by atoms with E-state index in [0.29, 0.717) is 11.7 Å². The van der Waals surface area contributed by atoms with Crippen molar-refractivity contribution in [1.29, 1.82) is 0 Å².